The number of aryl methyl sites for hydroxylation is 1. The minimum atomic E-state index is 0.00880. The van der Waals surface area contributed by atoms with Crippen molar-refractivity contribution in [2.24, 2.45) is 0 Å². The zero-order valence-corrected chi connectivity index (χ0v) is 19.2. The molecule has 170 valence electrons. The van der Waals surface area contributed by atoms with Crippen LogP contribution in [0, 0.1) is 6.92 Å². The van der Waals surface area contributed by atoms with E-state index in [2.05, 4.69) is 14.9 Å². The van der Waals surface area contributed by atoms with Gasteiger partial charge in [-0.25, -0.2) is 9.97 Å². The average Bonchev–Trinajstić information content (AvgIpc) is 2.87. The first-order chi connectivity index (χ1) is 16.1. The molecule has 0 radical (unpaired) electrons. The monoisotopic (exact) mass is 444 g/mol. The van der Waals surface area contributed by atoms with Gasteiger partial charge in [0.05, 0.1) is 14.2 Å². The van der Waals surface area contributed by atoms with E-state index in [4.69, 9.17) is 9.47 Å². The first-order valence-corrected chi connectivity index (χ1v) is 10.9. The van der Waals surface area contributed by atoms with E-state index in [9.17, 15) is 4.79 Å². The van der Waals surface area contributed by atoms with Crippen LogP contribution in [0.2, 0.25) is 0 Å². The van der Waals surface area contributed by atoms with Crippen molar-refractivity contribution in [3.05, 3.63) is 77.7 Å². The molecule has 33 heavy (non-hydrogen) atoms. The lowest BCUT2D eigenvalue weighted by molar-refractivity contribution is -0.125. The Morgan fingerprint density at radius 1 is 0.909 bits per heavy atom. The molecule has 0 saturated carbocycles. The summed E-state index contributed by atoms with van der Waals surface area (Å²) in [7, 11) is 3.21. The average molecular weight is 445 g/mol. The van der Waals surface area contributed by atoms with Crippen LogP contribution in [0.3, 0.4) is 0 Å². The highest BCUT2D eigenvalue weighted by molar-refractivity contribution is 6.24. The van der Waals surface area contributed by atoms with E-state index < -0.39 is 0 Å². The lowest BCUT2D eigenvalue weighted by atomic mass is 10.0. The van der Waals surface area contributed by atoms with Gasteiger partial charge >= 0.3 is 0 Å². The summed E-state index contributed by atoms with van der Waals surface area (Å²) in [6, 6.07) is 17.4. The van der Waals surface area contributed by atoms with Gasteiger partial charge in [-0.3, -0.25) is 4.79 Å². The largest absolute Gasteiger partial charge is 0.493 e. The maximum Gasteiger partial charge on any atom is 0.254 e. The van der Waals surface area contributed by atoms with Gasteiger partial charge in [-0.2, -0.15) is 0 Å². The molecule has 7 nitrogen and oxygen atoms in total. The molecule has 0 N–H and O–H groups in total. The summed E-state index contributed by atoms with van der Waals surface area (Å²) in [6.45, 7) is 4.65. The number of amides is 1. The molecule has 2 heterocycles. The summed E-state index contributed by atoms with van der Waals surface area (Å²) in [5, 5.41) is 0. The number of methoxy groups -OCH3 is 2. The first-order valence-electron chi connectivity index (χ1n) is 10.9. The van der Waals surface area contributed by atoms with Gasteiger partial charge in [-0.15, -0.1) is 0 Å². The van der Waals surface area contributed by atoms with Crippen LogP contribution in [0.5, 0.6) is 11.5 Å². The van der Waals surface area contributed by atoms with E-state index >= 15 is 0 Å². The summed E-state index contributed by atoms with van der Waals surface area (Å²) < 4.78 is 10.8. The van der Waals surface area contributed by atoms with Crippen LogP contribution in [0.25, 0.3) is 11.6 Å². The summed E-state index contributed by atoms with van der Waals surface area (Å²) in [5.74, 6) is 2.19. The molecule has 0 unspecified atom stereocenters. The van der Waals surface area contributed by atoms with Crippen LogP contribution in [0.15, 0.2) is 60.9 Å². The fourth-order valence-electron chi connectivity index (χ4n) is 3.92. The van der Waals surface area contributed by atoms with Crippen molar-refractivity contribution >= 4 is 23.4 Å². The maximum absolute atomic E-state index is 13.6. The molecule has 1 fully saturated rings. The van der Waals surface area contributed by atoms with Crippen LogP contribution < -0.4 is 14.4 Å². The number of hydrogen-bond donors (Lipinski definition) is 0. The summed E-state index contributed by atoms with van der Waals surface area (Å²) in [6.07, 6.45) is 3.50. The SMILES string of the molecule is COc1ccc(/C=C(/C(=O)N2CCN(c3cc(C)ncn3)CC2)c2ccccc2)cc1OC. The van der Waals surface area contributed by atoms with E-state index in [1.54, 1.807) is 20.5 Å². The maximum atomic E-state index is 13.6. The number of nitrogens with zero attached hydrogens (tertiary/aromatic N) is 4. The third-order valence-corrected chi connectivity index (χ3v) is 5.71. The minimum Gasteiger partial charge on any atom is -0.493 e. The topological polar surface area (TPSA) is 67.8 Å². The van der Waals surface area contributed by atoms with Gasteiger partial charge in [0.2, 0.25) is 0 Å². The van der Waals surface area contributed by atoms with Gasteiger partial charge in [0.25, 0.3) is 5.91 Å². The second-order valence-corrected chi connectivity index (χ2v) is 7.84. The molecule has 1 aliphatic rings. The zero-order chi connectivity index (χ0) is 23.2. The van der Waals surface area contributed by atoms with Gasteiger partial charge in [-0.1, -0.05) is 36.4 Å². The van der Waals surface area contributed by atoms with Crippen LogP contribution in [-0.4, -0.2) is 61.2 Å². The van der Waals surface area contributed by atoms with Crippen LogP contribution in [0.4, 0.5) is 5.82 Å². The van der Waals surface area contributed by atoms with Crippen LogP contribution in [-0.2, 0) is 4.79 Å². The second kappa shape index (κ2) is 10.2. The molecule has 4 rings (SSSR count). The zero-order valence-electron chi connectivity index (χ0n) is 19.2. The van der Waals surface area contributed by atoms with E-state index in [1.807, 2.05) is 72.5 Å². The Labute approximate surface area is 194 Å². The Morgan fingerprint density at radius 2 is 1.64 bits per heavy atom. The fraction of sp³-hybridized carbons (Fsp3) is 0.269. The summed E-state index contributed by atoms with van der Waals surface area (Å²) in [4.78, 5) is 26.3. The number of piperazine rings is 1. The Morgan fingerprint density at radius 3 is 2.30 bits per heavy atom. The standard InChI is InChI=1S/C26H28N4O3/c1-19-15-25(28-18-27-19)29-11-13-30(14-12-29)26(31)22(21-7-5-4-6-8-21)16-20-9-10-23(32-2)24(17-20)33-3/h4-10,15-18H,11-14H2,1-3H3/b22-16+. The molecular formula is C26H28N4O3. The number of rotatable bonds is 6. The predicted octanol–water partition coefficient (Wildman–Crippen LogP) is 3.69. The normalized spacial score (nSPS) is 14.2. The number of anilines is 1. The van der Waals surface area contributed by atoms with Gasteiger partial charge in [0.1, 0.15) is 12.1 Å². The second-order valence-electron chi connectivity index (χ2n) is 7.84. The van der Waals surface area contributed by atoms with Crippen molar-refractivity contribution < 1.29 is 14.3 Å². The number of carbonyl (C=O) groups is 1. The molecule has 2 aromatic carbocycles. The Balaban J connectivity index is 1.58. The smallest absolute Gasteiger partial charge is 0.254 e. The van der Waals surface area contributed by atoms with E-state index in [1.165, 1.54) is 0 Å². The molecular weight excluding hydrogens is 416 g/mol. The number of ether oxygens (including phenoxy) is 2. The van der Waals surface area contributed by atoms with Crippen LogP contribution >= 0.6 is 0 Å². The van der Waals surface area contributed by atoms with E-state index in [-0.39, 0.29) is 5.91 Å². The first kappa shape index (κ1) is 22.3. The van der Waals surface area contributed by atoms with E-state index in [0.717, 1.165) is 35.7 Å². The highest BCUT2D eigenvalue weighted by Crippen LogP contribution is 2.30. The number of aromatic nitrogens is 2. The summed E-state index contributed by atoms with van der Waals surface area (Å²) >= 11 is 0. The Hall–Kier alpha value is -3.87. The molecule has 0 atom stereocenters. The minimum absolute atomic E-state index is 0.00880. The van der Waals surface area contributed by atoms with Crippen molar-refractivity contribution in [2.45, 2.75) is 6.92 Å². The quantitative estimate of drug-likeness (QED) is 0.427. The van der Waals surface area contributed by atoms with Crippen molar-refractivity contribution in [2.75, 3.05) is 45.3 Å². The molecule has 0 bridgehead atoms. The lowest BCUT2D eigenvalue weighted by Gasteiger charge is -2.36. The third-order valence-electron chi connectivity index (χ3n) is 5.71. The van der Waals surface area contributed by atoms with E-state index in [0.29, 0.717) is 30.2 Å². The number of benzene rings is 2. The van der Waals surface area contributed by atoms with Crippen molar-refractivity contribution in [3.63, 3.8) is 0 Å². The summed E-state index contributed by atoms with van der Waals surface area (Å²) in [5.41, 5.74) is 3.33. The van der Waals surface area contributed by atoms with Crippen molar-refractivity contribution in [1.82, 2.24) is 14.9 Å². The number of carbonyl (C=O) groups excluding carboxylic acids is 1. The molecule has 3 aromatic rings. The number of hydrogen-bond acceptors (Lipinski definition) is 6. The van der Waals surface area contributed by atoms with Crippen LogP contribution in [0.1, 0.15) is 16.8 Å². The molecule has 0 spiro atoms. The molecule has 0 aliphatic carbocycles. The van der Waals surface area contributed by atoms with Gasteiger partial charge in [0.15, 0.2) is 11.5 Å². The van der Waals surface area contributed by atoms with Crippen molar-refractivity contribution in [3.8, 4) is 11.5 Å². The molecule has 1 saturated heterocycles. The molecule has 1 aliphatic heterocycles. The van der Waals surface area contributed by atoms with Gasteiger partial charge in [-0.05, 0) is 36.3 Å². The predicted molar refractivity (Wildman–Crippen MR) is 129 cm³/mol. The van der Waals surface area contributed by atoms with Crippen molar-refractivity contribution in [1.29, 1.82) is 0 Å². The third kappa shape index (κ3) is 5.14. The molecule has 7 heteroatoms. The molecule has 1 amide bonds. The Bertz CT molecular complexity index is 1140. The van der Waals surface area contributed by atoms with Gasteiger partial charge < -0.3 is 19.3 Å². The molecule has 1 aromatic heterocycles. The fourth-order valence-corrected chi connectivity index (χ4v) is 3.92. The van der Waals surface area contributed by atoms with Gasteiger partial charge in [0, 0.05) is 43.5 Å². The highest BCUT2D eigenvalue weighted by atomic mass is 16.5. The lowest BCUT2D eigenvalue weighted by Crippen LogP contribution is -2.49. The highest BCUT2D eigenvalue weighted by Gasteiger charge is 2.25. The Kier molecular flexibility index (Phi) is 6.88.